The lowest BCUT2D eigenvalue weighted by molar-refractivity contribution is 0.414. The monoisotopic (exact) mass is 341 g/mol. The molecule has 0 amide bonds. The zero-order chi connectivity index (χ0) is 17.2. The van der Waals surface area contributed by atoms with Crippen molar-refractivity contribution in [1.82, 2.24) is 5.43 Å². The number of nitrogens with one attached hydrogen (secondary N) is 2. The van der Waals surface area contributed by atoms with Crippen molar-refractivity contribution in [2.45, 2.75) is 0 Å². The Morgan fingerprint density at radius 3 is 2.71 bits per heavy atom. The fraction of sp³-hybridized carbons (Fsp3) is 0.111. The van der Waals surface area contributed by atoms with Crippen LogP contribution in [0.25, 0.3) is 6.08 Å². The van der Waals surface area contributed by atoms with Gasteiger partial charge in [-0.1, -0.05) is 24.3 Å². The number of benzene rings is 2. The van der Waals surface area contributed by atoms with Crippen molar-refractivity contribution in [3.63, 3.8) is 0 Å². The van der Waals surface area contributed by atoms with Gasteiger partial charge in [0.15, 0.2) is 5.11 Å². The van der Waals surface area contributed by atoms with E-state index in [9.17, 15) is 0 Å². The van der Waals surface area contributed by atoms with Crippen molar-refractivity contribution in [2.24, 2.45) is 5.10 Å². The van der Waals surface area contributed by atoms with Crippen LogP contribution in [0.15, 0.2) is 59.7 Å². The van der Waals surface area contributed by atoms with Crippen molar-refractivity contribution in [1.29, 1.82) is 0 Å². The molecule has 0 aliphatic rings. The van der Waals surface area contributed by atoms with E-state index in [1.165, 1.54) is 0 Å². The summed E-state index contributed by atoms with van der Waals surface area (Å²) in [6.07, 6.45) is 5.33. The molecule has 0 spiro atoms. The van der Waals surface area contributed by atoms with Gasteiger partial charge >= 0.3 is 0 Å². The normalized spacial score (nSPS) is 10.8. The number of hydrazone groups is 1. The third-order valence-corrected chi connectivity index (χ3v) is 3.26. The molecule has 124 valence electrons. The summed E-state index contributed by atoms with van der Waals surface area (Å²) in [4.78, 5) is 0. The van der Waals surface area contributed by atoms with Crippen molar-refractivity contribution in [3.8, 4) is 11.5 Å². The van der Waals surface area contributed by atoms with Gasteiger partial charge in [0, 0.05) is 23.5 Å². The second-order valence-electron chi connectivity index (χ2n) is 4.68. The minimum absolute atomic E-state index is 0.394. The van der Waals surface area contributed by atoms with Crippen LogP contribution in [0.2, 0.25) is 0 Å². The average molecular weight is 341 g/mol. The highest BCUT2D eigenvalue weighted by atomic mass is 32.1. The van der Waals surface area contributed by atoms with Gasteiger partial charge in [-0.25, -0.2) is 0 Å². The molecule has 24 heavy (non-hydrogen) atoms. The van der Waals surface area contributed by atoms with E-state index in [4.69, 9.17) is 21.7 Å². The van der Waals surface area contributed by atoms with Crippen molar-refractivity contribution >= 4 is 35.3 Å². The molecule has 2 aromatic carbocycles. The van der Waals surface area contributed by atoms with E-state index < -0.39 is 0 Å². The van der Waals surface area contributed by atoms with E-state index in [1.54, 1.807) is 26.5 Å². The molecule has 0 aromatic heterocycles. The summed E-state index contributed by atoms with van der Waals surface area (Å²) in [7, 11) is 3.26. The summed E-state index contributed by atoms with van der Waals surface area (Å²) >= 11 is 5.18. The third-order valence-electron chi connectivity index (χ3n) is 3.07. The maximum absolute atomic E-state index is 5.27. The fourth-order valence-corrected chi connectivity index (χ4v) is 2.12. The number of ether oxygens (including phenoxy) is 2. The molecule has 2 rings (SSSR count). The van der Waals surface area contributed by atoms with Crippen LogP contribution in [0.3, 0.4) is 0 Å². The Morgan fingerprint density at radius 1 is 1.08 bits per heavy atom. The maximum Gasteiger partial charge on any atom is 0.191 e. The number of rotatable bonds is 6. The maximum atomic E-state index is 5.27. The lowest BCUT2D eigenvalue weighted by Crippen LogP contribution is -2.23. The second kappa shape index (κ2) is 9.32. The number of hydrogen-bond acceptors (Lipinski definition) is 4. The van der Waals surface area contributed by atoms with E-state index in [-0.39, 0.29) is 0 Å². The number of thiocarbonyl (C=S) groups is 1. The standard InChI is InChI=1S/C18H19N3O2S/c1-22-16-10-5-9-15(13-16)20-18(24)21-19-12-6-8-14-7-3-4-11-17(14)23-2/h3-13H,1-2H3,(H2,20,21,24)/b8-6+,19-12-. The zero-order valence-corrected chi connectivity index (χ0v) is 14.3. The SMILES string of the molecule is COc1cccc(NC(=S)N/N=C\C=C\c2ccccc2OC)c1. The second-order valence-corrected chi connectivity index (χ2v) is 5.09. The summed E-state index contributed by atoms with van der Waals surface area (Å²) < 4.78 is 10.4. The molecule has 0 heterocycles. The van der Waals surface area contributed by atoms with Gasteiger partial charge in [-0.3, -0.25) is 5.43 Å². The van der Waals surface area contributed by atoms with E-state index in [2.05, 4.69) is 15.8 Å². The Bertz CT molecular complexity index is 745. The summed E-state index contributed by atoms with van der Waals surface area (Å²) in [6, 6.07) is 15.2. The van der Waals surface area contributed by atoms with Crippen LogP contribution >= 0.6 is 12.2 Å². The third kappa shape index (κ3) is 5.40. The van der Waals surface area contributed by atoms with Crippen LogP contribution < -0.4 is 20.2 Å². The number of methoxy groups -OCH3 is 2. The van der Waals surface area contributed by atoms with E-state index >= 15 is 0 Å². The van der Waals surface area contributed by atoms with Crippen molar-refractivity contribution in [3.05, 3.63) is 60.2 Å². The van der Waals surface area contributed by atoms with Crippen molar-refractivity contribution in [2.75, 3.05) is 19.5 Å². The molecule has 0 unspecified atom stereocenters. The van der Waals surface area contributed by atoms with Gasteiger partial charge in [0.2, 0.25) is 0 Å². The first-order chi connectivity index (χ1) is 11.7. The average Bonchev–Trinajstić information content (AvgIpc) is 2.62. The molecule has 0 atom stereocenters. The molecule has 0 fully saturated rings. The van der Waals surface area contributed by atoms with E-state index in [1.807, 2.05) is 54.6 Å². The Labute approximate surface area is 147 Å². The van der Waals surface area contributed by atoms with Gasteiger partial charge in [-0.2, -0.15) is 5.10 Å². The number of nitrogens with zero attached hydrogens (tertiary/aromatic N) is 1. The quantitative estimate of drug-likeness (QED) is 0.477. The summed E-state index contributed by atoms with van der Waals surface area (Å²) in [5.41, 5.74) is 4.55. The molecule has 6 heteroatoms. The summed E-state index contributed by atoms with van der Waals surface area (Å²) in [5, 5.41) is 7.46. The largest absolute Gasteiger partial charge is 0.497 e. The molecule has 0 saturated heterocycles. The van der Waals surface area contributed by atoms with Gasteiger partial charge < -0.3 is 14.8 Å². The molecular formula is C18H19N3O2S. The summed E-state index contributed by atoms with van der Waals surface area (Å²) in [5.74, 6) is 1.57. The lowest BCUT2D eigenvalue weighted by atomic mass is 10.2. The molecule has 0 bridgehead atoms. The smallest absolute Gasteiger partial charge is 0.191 e. The molecule has 5 nitrogen and oxygen atoms in total. The molecule has 0 radical (unpaired) electrons. The highest BCUT2D eigenvalue weighted by Crippen LogP contribution is 2.18. The Balaban J connectivity index is 1.85. The topological polar surface area (TPSA) is 54.9 Å². The van der Waals surface area contributed by atoms with Crippen LogP contribution in [0.5, 0.6) is 11.5 Å². The summed E-state index contributed by atoms with van der Waals surface area (Å²) in [6.45, 7) is 0. The van der Waals surface area contributed by atoms with E-state index in [0.717, 1.165) is 22.7 Å². The first-order valence-electron chi connectivity index (χ1n) is 7.26. The van der Waals surface area contributed by atoms with Gasteiger partial charge in [0.1, 0.15) is 11.5 Å². The van der Waals surface area contributed by atoms with Crippen LogP contribution in [-0.2, 0) is 0 Å². The van der Waals surface area contributed by atoms with Gasteiger partial charge in [0.25, 0.3) is 0 Å². The Morgan fingerprint density at radius 2 is 1.92 bits per heavy atom. The van der Waals surface area contributed by atoms with Gasteiger partial charge in [0.05, 0.1) is 14.2 Å². The van der Waals surface area contributed by atoms with Gasteiger partial charge in [-0.15, -0.1) is 0 Å². The fourth-order valence-electron chi connectivity index (χ4n) is 1.95. The number of para-hydroxylation sites is 1. The minimum Gasteiger partial charge on any atom is -0.497 e. The minimum atomic E-state index is 0.394. The van der Waals surface area contributed by atoms with Crippen LogP contribution in [0.1, 0.15) is 5.56 Å². The number of allylic oxidation sites excluding steroid dienone is 1. The van der Waals surface area contributed by atoms with E-state index in [0.29, 0.717) is 5.11 Å². The van der Waals surface area contributed by atoms with Crippen molar-refractivity contribution < 1.29 is 9.47 Å². The van der Waals surface area contributed by atoms with Crippen LogP contribution in [0.4, 0.5) is 5.69 Å². The highest BCUT2D eigenvalue weighted by Gasteiger charge is 1.98. The molecule has 0 aliphatic carbocycles. The molecular weight excluding hydrogens is 322 g/mol. The van der Waals surface area contributed by atoms with Crippen LogP contribution in [0, 0.1) is 0 Å². The molecule has 0 aliphatic heterocycles. The highest BCUT2D eigenvalue weighted by molar-refractivity contribution is 7.80. The number of anilines is 1. The predicted octanol–water partition coefficient (Wildman–Crippen LogP) is 3.69. The molecule has 2 N–H and O–H groups in total. The van der Waals surface area contributed by atoms with Crippen LogP contribution in [-0.4, -0.2) is 25.5 Å². The predicted molar refractivity (Wildman–Crippen MR) is 103 cm³/mol. The Hall–Kier alpha value is -2.86. The van der Waals surface area contributed by atoms with Gasteiger partial charge in [-0.05, 0) is 42.6 Å². The molecule has 2 aromatic rings. The lowest BCUT2D eigenvalue weighted by Gasteiger charge is -2.08. The molecule has 0 saturated carbocycles. The number of hydrogen-bond donors (Lipinski definition) is 2. The first-order valence-corrected chi connectivity index (χ1v) is 7.67. The first kappa shape index (κ1) is 17.5. The zero-order valence-electron chi connectivity index (χ0n) is 13.5. The Kier molecular flexibility index (Phi) is 6.79.